The number of rotatable bonds is 1. The maximum atomic E-state index is 4.37. The summed E-state index contributed by atoms with van der Waals surface area (Å²) in [6, 6.07) is 1.99. The van der Waals surface area contributed by atoms with E-state index in [1.165, 1.54) is 0 Å². The van der Waals surface area contributed by atoms with E-state index in [2.05, 4.69) is 31.1 Å². The number of hydrogen-bond donors (Lipinski definition) is 0. The molecule has 4 heteroatoms. The van der Waals surface area contributed by atoms with Crippen molar-refractivity contribution in [1.29, 1.82) is 0 Å². The van der Waals surface area contributed by atoms with Gasteiger partial charge in [0, 0.05) is 11.4 Å². The monoisotopic (exact) mass is 201 g/mol. The molecule has 0 aliphatic carbocycles. The zero-order valence-corrected chi connectivity index (χ0v) is 9.55. The van der Waals surface area contributed by atoms with Gasteiger partial charge in [-0.2, -0.15) is 9.97 Å². The van der Waals surface area contributed by atoms with Gasteiger partial charge in [0.2, 0.25) is 0 Å². The summed E-state index contributed by atoms with van der Waals surface area (Å²) in [5, 5.41) is 0. The maximum absolute atomic E-state index is 4.37. The Morgan fingerprint density at radius 1 is 1.00 bits per heavy atom. The van der Waals surface area contributed by atoms with Crippen molar-refractivity contribution in [2.24, 2.45) is 0 Å². The molecule has 74 valence electrons. The van der Waals surface area contributed by atoms with Gasteiger partial charge in [0.15, 0.2) is 0 Å². The predicted molar refractivity (Wildman–Crippen MR) is 51.1 cm³/mol. The molecule has 0 saturated heterocycles. The Labute approximate surface area is 85.8 Å². The summed E-state index contributed by atoms with van der Waals surface area (Å²) in [6.45, 7) is 3.99. The molecule has 0 bridgehead atoms. The van der Waals surface area contributed by atoms with E-state index in [0.717, 1.165) is 17.3 Å². The van der Waals surface area contributed by atoms with Gasteiger partial charge in [0.05, 0.1) is 21.1 Å². The molecule has 3 nitrogen and oxygen atoms in total. The number of hydrogen-bond acceptors (Lipinski definition) is 2. The van der Waals surface area contributed by atoms with Gasteiger partial charge in [0.25, 0.3) is 0 Å². The van der Waals surface area contributed by atoms with E-state index in [0.29, 0.717) is 4.48 Å². The predicted octanol–water partition coefficient (Wildman–Crippen LogP) is -1.71. The average molecular weight is 202 g/mol. The third kappa shape index (κ3) is 3.28. The van der Waals surface area contributed by atoms with Crippen LogP contribution in [0.3, 0.4) is 0 Å². The Kier molecular flexibility index (Phi) is 3.82. The summed E-state index contributed by atoms with van der Waals surface area (Å²) in [6.07, 6.45) is 0. The van der Waals surface area contributed by atoms with Crippen LogP contribution in [0.15, 0.2) is 6.07 Å². The van der Waals surface area contributed by atoms with Gasteiger partial charge >= 0.3 is 5.95 Å². The number of aryl methyl sites for hydroxylation is 2. The molecule has 0 unspecified atom stereocenters. The lowest BCUT2D eigenvalue weighted by atomic mass is 10.3. The van der Waals surface area contributed by atoms with Crippen LogP contribution in [0, 0.1) is 13.8 Å². The van der Waals surface area contributed by atoms with Crippen molar-refractivity contribution < 1.29 is 12.4 Å². The second-order valence-corrected chi connectivity index (χ2v) is 3.96. The van der Waals surface area contributed by atoms with Crippen molar-refractivity contribution in [3.8, 4) is 0 Å². The summed E-state index contributed by atoms with van der Waals surface area (Å²) in [7, 11) is 6.19. The molecular formula is C9H16ClN3. The van der Waals surface area contributed by atoms with Crippen molar-refractivity contribution in [3.63, 3.8) is 0 Å². The zero-order valence-electron chi connectivity index (χ0n) is 8.80. The SMILES string of the molecule is Cc1cc(C)nc([N+](C)(C)C)n1.[Cl-]. The Bertz CT molecular complexity index is 271. The molecule has 0 N–H and O–H groups in total. The average Bonchev–Trinajstić information content (AvgIpc) is 1.82. The highest BCUT2D eigenvalue weighted by Gasteiger charge is 2.16. The topological polar surface area (TPSA) is 25.8 Å². The number of aromatic nitrogens is 2. The minimum Gasteiger partial charge on any atom is -1.00 e. The fourth-order valence-corrected chi connectivity index (χ4v) is 1.01. The van der Waals surface area contributed by atoms with Gasteiger partial charge in [-0.05, 0) is 19.9 Å². The van der Waals surface area contributed by atoms with E-state index < -0.39 is 0 Å². The summed E-state index contributed by atoms with van der Waals surface area (Å²) in [5.41, 5.74) is 2.07. The van der Waals surface area contributed by atoms with Gasteiger partial charge in [0.1, 0.15) is 0 Å². The summed E-state index contributed by atoms with van der Waals surface area (Å²) in [5.74, 6) is 0.868. The van der Waals surface area contributed by atoms with Gasteiger partial charge in [-0.3, -0.25) is 4.48 Å². The van der Waals surface area contributed by atoms with Crippen molar-refractivity contribution in [2.45, 2.75) is 13.8 Å². The molecule has 0 spiro atoms. The molecule has 0 aromatic carbocycles. The van der Waals surface area contributed by atoms with Gasteiger partial charge in [-0.25, -0.2) is 0 Å². The van der Waals surface area contributed by atoms with Crippen LogP contribution in [-0.2, 0) is 0 Å². The second kappa shape index (κ2) is 4.03. The molecule has 0 radical (unpaired) electrons. The zero-order chi connectivity index (χ0) is 9.35. The third-order valence-electron chi connectivity index (χ3n) is 1.57. The van der Waals surface area contributed by atoms with Crippen molar-refractivity contribution in [1.82, 2.24) is 14.5 Å². The maximum Gasteiger partial charge on any atom is 0.328 e. The summed E-state index contributed by atoms with van der Waals surface area (Å²) >= 11 is 0. The molecule has 0 aliphatic rings. The van der Waals surface area contributed by atoms with E-state index in [1.54, 1.807) is 0 Å². The number of quaternary nitrogens is 1. The highest BCUT2D eigenvalue weighted by molar-refractivity contribution is 5.25. The van der Waals surface area contributed by atoms with E-state index >= 15 is 0 Å². The van der Waals surface area contributed by atoms with Crippen LogP contribution in [0.2, 0.25) is 0 Å². The fraction of sp³-hybridized carbons (Fsp3) is 0.556. The quantitative estimate of drug-likeness (QED) is 0.506. The lowest BCUT2D eigenvalue weighted by molar-refractivity contribution is -0.00000315. The minimum absolute atomic E-state index is 0. The molecule has 13 heavy (non-hydrogen) atoms. The molecule has 0 amide bonds. The van der Waals surface area contributed by atoms with Gasteiger partial charge < -0.3 is 12.4 Å². The fourth-order valence-electron chi connectivity index (χ4n) is 1.01. The first-order valence-corrected chi connectivity index (χ1v) is 4.04. The minimum atomic E-state index is 0. The molecule has 1 heterocycles. The molecule has 0 atom stereocenters. The summed E-state index contributed by atoms with van der Waals surface area (Å²) < 4.78 is 0.669. The Hall–Kier alpha value is -0.670. The largest absolute Gasteiger partial charge is 1.00 e. The van der Waals surface area contributed by atoms with Crippen LogP contribution in [0.1, 0.15) is 11.4 Å². The number of nitrogens with zero attached hydrogens (tertiary/aromatic N) is 3. The highest BCUT2D eigenvalue weighted by Crippen LogP contribution is 2.10. The first-order valence-electron chi connectivity index (χ1n) is 4.04. The van der Waals surface area contributed by atoms with E-state index in [-0.39, 0.29) is 12.4 Å². The highest BCUT2D eigenvalue weighted by atomic mass is 35.5. The van der Waals surface area contributed by atoms with Gasteiger partial charge in [-0.1, -0.05) is 0 Å². The standard InChI is InChI=1S/C9H16N3.ClH/c1-7-6-8(2)11-9(10-7)12(3,4)5;/h6H,1-5H3;1H/q+1;/p-1. The lowest BCUT2D eigenvalue weighted by Crippen LogP contribution is -3.00. The Morgan fingerprint density at radius 2 is 1.38 bits per heavy atom. The van der Waals surface area contributed by atoms with Crippen LogP contribution in [0.25, 0.3) is 0 Å². The van der Waals surface area contributed by atoms with Crippen LogP contribution in [0.5, 0.6) is 0 Å². The van der Waals surface area contributed by atoms with Crippen LogP contribution in [-0.4, -0.2) is 31.1 Å². The Morgan fingerprint density at radius 3 is 1.69 bits per heavy atom. The number of halogens is 1. The van der Waals surface area contributed by atoms with E-state index in [4.69, 9.17) is 0 Å². The third-order valence-corrected chi connectivity index (χ3v) is 1.57. The summed E-state index contributed by atoms with van der Waals surface area (Å²) in [4.78, 5) is 8.73. The van der Waals surface area contributed by atoms with Gasteiger partial charge in [-0.15, -0.1) is 0 Å². The van der Waals surface area contributed by atoms with Crippen LogP contribution >= 0.6 is 0 Å². The first kappa shape index (κ1) is 12.3. The van der Waals surface area contributed by atoms with Crippen LogP contribution < -0.4 is 16.9 Å². The molecule has 1 rings (SSSR count). The molecule has 1 aromatic rings. The molecule has 0 aliphatic heterocycles. The smallest absolute Gasteiger partial charge is 0.328 e. The second-order valence-electron chi connectivity index (χ2n) is 3.96. The Balaban J connectivity index is 0.00000144. The molecule has 0 saturated carbocycles. The van der Waals surface area contributed by atoms with Crippen LogP contribution in [0.4, 0.5) is 5.95 Å². The van der Waals surface area contributed by atoms with E-state index in [9.17, 15) is 0 Å². The first-order chi connectivity index (χ1) is 5.39. The molecule has 0 fully saturated rings. The van der Waals surface area contributed by atoms with Crippen molar-refractivity contribution in [3.05, 3.63) is 17.5 Å². The lowest BCUT2D eigenvalue weighted by Gasteiger charge is -2.20. The normalized spacial score (nSPS) is 10.8. The van der Waals surface area contributed by atoms with E-state index in [1.807, 2.05) is 19.9 Å². The molecular weight excluding hydrogens is 186 g/mol. The molecule has 1 aromatic heterocycles. The van der Waals surface area contributed by atoms with Crippen molar-refractivity contribution in [2.75, 3.05) is 21.1 Å². The van der Waals surface area contributed by atoms with Crippen molar-refractivity contribution >= 4 is 5.95 Å².